The summed E-state index contributed by atoms with van der Waals surface area (Å²) >= 11 is 0. The maximum atomic E-state index is 2.79. The average molecular weight is 437 g/mol. The van der Waals surface area contributed by atoms with Gasteiger partial charge in [-0.2, -0.15) is 0 Å². The molecule has 4 atom stereocenters. The number of aryl methyl sites for hydroxylation is 1. The van der Waals surface area contributed by atoms with Gasteiger partial charge in [-0.1, -0.05) is 86.0 Å². The lowest BCUT2D eigenvalue weighted by molar-refractivity contribution is 0.210. The summed E-state index contributed by atoms with van der Waals surface area (Å²) in [4.78, 5) is 5.49. The van der Waals surface area contributed by atoms with Gasteiger partial charge in [0.1, 0.15) is 0 Å². The summed E-state index contributed by atoms with van der Waals surface area (Å²) < 4.78 is 0. The summed E-state index contributed by atoms with van der Waals surface area (Å²) in [7, 11) is 0. The van der Waals surface area contributed by atoms with Crippen molar-refractivity contribution in [2.75, 3.05) is 9.80 Å². The molecule has 2 nitrogen and oxygen atoms in total. The molecule has 0 spiro atoms. The monoisotopic (exact) mass is 436 g/mol. The number of hydrogen-bond acceptors (Lipinski definition) is 2. The standard InChI is InChI=1S/C31H36N2/c1-22-14-10-12-20-28(22)32-23(2)30-31(25-15-6-4-7-16-25,26-17-8-5-9-18-26)27-19-11-13-21-29(27)33(30)24(32)3/h4,6-7,10-16,19-21,23-24,26,30H,5,8-9,17-18H2,1-3H3/t23-,24?,30?,31?/m0/s1. The van der Waals surface area contributed by atoms with Crippen molar-refractivity contribution >= 4 is 11.4 Å². The lowest BCUT2D eigenvalue weighted by Gasteiger charge is -2.47. The summed E-state index contributed by atoms with van der Waals surface area (Å²) in [5.74, 6) is 0.677. The molecule has 1 saturated heterocycles. The normalized spacial score (nSPS) is 29.2. The van der Waals surface area contributed by atoms with Crippen LogP contribution in [0.1, 0.15) is 62.6 Å². The predicted molar refractivity (Wildman–Crippen MR) is 139 cm³/mol. The largest absolute Gasteiger partial charge is 0.346 e. The van der Waals surface area contributed by atoms with E-state index in [1.807, 2.05) is 0 Å². The molecule has 3 aromatic rings. The second kappa shape index (κ2) is 7.94. The average Bonchev–Trinajstić information content (AvgIpc) is 3.31. The Morgan fingerprint density at radius 1 is 0.697 bits per heavy atom. The zero-order valence-corrected chi connectivity index (χ0v) is 20.2. The Bertz CT molecular complexity index is 1130. The highest BCUT2D eigenvalue weighted by atomic mass is 15.5. The smallest absolute Gasteiger partial charge is 0.0994 e. The third-order valence-corrected chi connectivity index (χ3v) is 8.99. The van der Waals surface area contributed by atoms with Gasteiger partial charge in [0.2, 0.25) is 0 Å². The highest BCUT2D eigenvalue weighted by Gasteiger charge is 2.63. The highest BCUT2D eigenvalue weighted by molar-refractivity contribution is 5.74. The fourth-order valence-electron chi connectivity index (χ4n) is 7.82. The molecule has 33 heavy (non-hydrogen) atoms. The SMILES string of the molecule is Cc1ccccc1N1C(C)N2c3ccccc3C(c3ccccc3)(C3CCCCC3)C2[C@@H]1C. The molecule has 1 saturated carbocycles. The van der Waals surface area contributed by atoms with Crippen LogP contribution in [-0.4, -0.2) is 18.2 Å². The van der Waals surface area contributed by atoms with Crippen molar-refractivity contribution in [3.63, 3.8) is 0 Å². The van der Waals surface area contributed by atoms with E-state index < -0.39 is 0 Å². The van der Waals surface area contributed by atoms with Gasteiger partial charge in [-0.05, 0) is 68.4 Å². The molecule has 6 rings (SSSR count). The van der Waals surface area contributed by atoms with E-state index in [4.69, 9.17) is 0 Å². The van der Waals surface area contributed by atoms with Gasteiger partial charge in [-0.25, -0.2) is 0 Å². The maximum absolute atomic E-state index is 2.79. The second-order valence-corrected chi connectivity index (χ2v) is 10.5. The number of benzene rings is 3. The molecular formula is C31H36N2. The second-order valence-electron chi connectivity index (χ2n) is 10.5. The van der Waals surface area contributed by atoms with Crippen LogP contribution >= 0.6 is 0 Å². The molecule has 3 unspecified atom stereocenters. The molecule has 1 aliphatic carbocycles. The molecular weight excluding hydrogens is 400 g/mol. The van der Waals surface area contributed by atoms with Crippen LogP contribution in [0.2, 0.25) is 0 Å². The molecule has 2 aliphatic heterocycles. The van der Waals surface area contributed by atoms with Crippen molar-refractivity contribution < 1.29 is 0 Å². The first-order chi connectivity index (χ1) is 16.2. The molecule has 3 aromatic carbocycles. The minimum Gasteiger partial charge on any atom is -0.346 e. The minimum atomic E-state index is 0.0311. The van der Waals surface area contributed by atoms with Gasteiger partial charge in [0.05, 0.1) is 12.2 Å². The van der Waals surface area contributed by atoms with Crippen molar-refractivity contribution in [3.05, 3.63) is 95.6 Å². The fraction of sp³-hybridized carbons (Fsp3) is 0.419. The van der Waals surface area contributed by atoms with Crippen molar-refractivity contribution in [1.82, 2.24) is 0 Å². The summed E-state index contributed by atoms with van der Waals surface area (Å²) in [5, 5.41) is 0. The Labute approximate surface area is 199 Å². The zero-order chi connectivity index (χ0) is 22.6. The van der Waals surface area contributed by atoms with E-state index >= 15 is 0 Å². The first kappa shape index (κ1) is 20.8. The molecule has 2 heterocycles. The number of rotatable bonds is 3. The summed E-state index contributed by atoms with van der Waals surface area (Å²) in [6, 6.07) is 30.7. The lowest BCUT2D eigenvalue weighted by Crippen LogP contribution is -2.53. The van der Waals surface area contributed by atoms with E-state index in [0.717, 1.165) is 0 Å². The first-order valence-corrected chi connectivity index (χ1v) is 12.9. The van der Waals surface area contributed by atoms with Crippen LogP contribution in [0.25, 0.3) is 0 Å². The predicted octanol–water partition coefficient (Wildman–Crippen LogP) is 7.30. The summed E-state index contributed by atoms with van der Waals surface area (Å²) in [6.45, 7) is 7.17. The van der Waals surface area contributed by atoms with Crippen LogP contribution < -0.4 is 9.80 Å². The number of nitrogens with zero attached hydrogens (tertiary/aromatic N) is 2. The Morgan fingerprint density at radius 2 is 1.33 bits per heavy atom. The molecule has 0 N–H and O–H groups in total. The molecule has 2 heteroatoms. The Hall–Kier alpha value is -2.74. The topological polar surface area (TPSA) is 6.48 Å². The van der Waals surface area contributed by atoms with E-state index in [2.05, 4.69) is 109 Å². The Morgan fingerprint density at radius 3 is 2.06 bits per heavy atom. The number of anilines is 2. The van der Waals surface area contributed by atoms with Crippen LogP contribution in [0, 0.1) is 12.8 Å². The molecule has 0 aromatic heterocycles. The third kappa shape index (κ3) is 2.86. The minimum absolute atomic E-state index is 0.0311. The van der Waals surface area contributed by atoms with Crippen molar-refractivity contribution in [3.8, 4) is 0 Å². The van der Waals surface area contributed by atoms with Crippen LogP contribution in [0.4, 0.5) is 11.4 Å². The maximum Gasteiger partial charge on any atom is 0.0994 e. The van der Waals surface area contributed by atoms with E-state index in [0.29, 0.717) is 24.2 Å². The van der Waals surface area contributed by atoms with Crippen LogP contribution in [0.5, 0.6) is 0 Å². The molecule has 0 radical (unpaired) electrons. The van der Waals surface area contributed by atoms with Crippen molar-refractivity contribution in [1.29, 1.82) is 0 Å². The molecule has 3 aliphatic rings. The van der Waals surface area contributed by atoms with Crippen molar-refractivity contribution in [2.45, 2.75) is 76.5 Å². The van der Waals surface area contributed by atoms with Crippen LogP contribution in [0.3, 0.4) is 0 Å². The quantitative estimate of drug-likeness (QED) is 0.425. The van der Waals surface area contributed by atoms with Gasteiger partial charge < -0.3 is 9.80 Å². The van der Waals surface area contributed by atoms with Gasteiger partial charge in [0.25, 0.3) is 0 Å². The lowest BCUT2D eigenvalue weighted by atomic mass is 9.58. The van der Waals surface area contributed by atoms with E-state index in [9.17, 15) is 0 Å². The number of fused-ring (bicyclic) bond motifs is 3. The van der Waals surface area contributed by atoms with E-state index in [1.165, 1.54) is 54.6 Å². The highest BCUT2D eigenvalue weighted by Crippen LogP contribution is 2.61. The van der Waals surface area contributed by atoms with Gasteiger partial charge >= 0.3 is 0 Å². The Kier molecular flexibility index (Phi) is 5.01. The molecule has 2 fully saturated rings. The van der Waals surface area contributed by atoms with Crippen molar-refractivity contribution in [2.24, 2.45) is 5.92 Å². The summed E-state index contributed by atoms with van der Waals surface area (Å²) in [5.41, 5.74) is 7.32. The van der Waals surface area contributed by atoms with Gasteiger partial charge in [0, 0.05) is 22.8 Å². The molecule has 170 valence electrons. The van der Waals surface area contributed by atoms with Gasteiger partial charge in [-0.15, -0.1) is 0 Å². The number of para-hydroxylation sites is 2. The number of hydrogen-bond donors (Lipinski definition) is 0. The zero-order valence-electron chi connectivity index (χ0n) is 20.2. The van der Waals surface area contributed by atoms with E-state index in [-0.39, 0.29) is 5.41 Å². The van der Waals surface area contributed by atoms with Crippen LogP contribution in [-0.2, 0) is 5.41 Å². The third-order valence-electron chi connectivity index (χ3n) is 8.99. The fourth-order valence-corrected chi connectivity index (χ4v) is 7.82. The first-order valence-electron chi connectivity index (χ1n) is 12.9. The Balaban J connectivity index is 1.60. The van der Waals surface area contributed by atoms with Gasteiger partial charge in [0.15, 0.2) is 0 Å². The van der Waals surface area contributed by atoms with E-state index in [1.54, 1.807) is 5.56 Å². The van der Waals surface area contributed by atoms with Gasteiger partial charge in [-0.3, -0.25) is 0 Å². The van der Waals surface area contributed by atoms with Crippen LogP contribution in [0.15, 0.2) is 78.9 Å². The molecule has 0 bridgehead atoms. The molecule has 0 amide bonds. The summed E-state index contributed by atoms with van der Waals surface area (Å²) in [6.07, 6.45) is 7.09.